The highest BCUT2D eigenvalue weighted by Gasteiger charge is 2.43. The number of hydrogen-bond donors (Lipinski definition) is 1. The maximum Gasteiger partial charge on any atom is 0.227 e. The summed E-state index contributed by atoms with van der Waals surface area (Å²) in [5.74, 6) is 0.600. The second-order valence-electron chi connectivity index (χ2n) is 5.80. The van der Waals surface area contributed by atoms with E-state index >= 15 is 0 Å². The van der Waals surface area contributed by atoms with Gasteiger partial charge in [-0.15, -0.1) is 0 Å². The third kappa shape index (κ3) is 2.56. The van der Waals surface area contributed by atoms with Gasteiger partial charge in [0.05, 0.1) is 12.0 Å². The third-order valence-electron chi connectivity index (χ3n) is 3.91. The Balaban J connectivity index is 1.92. The number of nitrogens with zero attached hydrogens (tertiary/aromatic N) is 1. The summed E-state index contributed by atoms with van der Waals surface area (Å²) < 4.78 is 0. The summed E-state index contributed by atoms with van der Waals surface area (Å²) in [7, 11) is 0. The molecule has 0 aliphatic carbocycles. The van der Waals surface area contributed by atoms with E-state index in [1.54, 1.807) is 0 Å². The van der Waals surface area contributed by atoms with E-state index in [9.17, 15) is 4.79 Å². The summed E-state index contributed by atoms with van der Waals surface area (Å²) in [5.41, 5.74) is 8.30. The van der Waals surface area contributed by atoms with Gasteiger partial charge in [0.2, 0.25) is 5.91 Å². The second kappa shape index (κ2) is 4.73. The standard InChI is InChI=1S/C15H22N2O/c1-11(2)15(16)9-17(10-15)14(18)8-13-6-4-5-12(3)7-13/h4-7,11H,8-10,16H2,1-3H3. The minimum absolute atomic E-state index is 0.178. The monoisotopic (exact) mass is 246 g/mol. The van der Waals surface area contributed by atoms with Gasteiger partial charge in [-0.2, -0.15) is 0 Å². The van der Waals surface area contributed by atoms with E-state index in [4.69, 9.17) is 5.73 Å². The lowest BCUT2D eigenvalue weighted by molar-refractivity contribution is -0.139. The molecule has 3 heteroatoms. The number of carbonyl (C=O) groups excluding carboxylic acids is 1. The van der Waals surface area contributed by atoms with Crippen molar-refractivity contribution in [3.63, 3.8) is 0 Å². The highest BCUT2D eigenvalue weighted by molar-refractivity contribution is 5.80. The van der Waals surface area contributed by atoms with Crippen molar-refractivity contribution in [1.82, 2.24) is 4.90 Å². The average Bonchev–Trinajstić information content (AvgIpc) is 2.24. The maximum atomic E-state index is 12.1. The molecule has 1 heterocycles. The van der Waals surface area contributed by atoms with E-state index in [-0.39, 0.29) is 11.4 Å². The molecule has 0 radical (unpaired) electrons. The van der Waals surface area contributed by atoms with Crippen LogP contribution in [-0.4, -0.2) is 29.4 Å². The molecule has 2 N–H and O–H groups in total. The number of benzene rings is 1. The molecule has 18 heavy (non-hydrogen) atoms. The Morgan fingerprint density at radius 3 is 2.67 bits per heavy atom. The molecule has 98 valence electrons. The van der Waals surface area contributed by atoms with Crippen LogP contribution >= 0.6 is 0 Å². The van der Waals surface area contributed by atoms with Crippen molar-refractivity contribution < 1.29 is 4.79 Å². The summed E-state index contributed by atoms with van der Waals surface area (Å²) in [4.78, 5) is 14.0. The van der Waals surface area contributed by atoms with Crippen molar-refractivity contribution >= 4 is 5.91 Å². The van der Waals surface area contributed by atoms with Gasteiger partial charge in [0, 0.05) is 13.1 Å². The number of carbonyl (C=O) groups is 1. The number of aryl methyl sites for hydroxylation is 1. The van der Waals surface area contributed by atoms with E-state index in [2.05, 4.69) is 19.9 Å². The Morgan fingerprint density at radius 1 is 1.44 bits per heavy atom. The Bertz CT molecular complexity index is 448. The average molecular weight is 246 g/mol. The smallest absolute Gasteiger partial charge is 0.227 e. The van der Waals surface area contributed by atoms with E-state index in [1.165, 1.54) is 5.56 Å². The topological polar surface area (TPSA) is 46.3 Å². The fraction of sp³-hybridized carbons (Fsp3) is 0.533. The van der Waals surface area contributed by atoms with Gasteiger partial charge < -0.3 is 10.6 Å². The first kappa shape index (κ1) is 13.1. The fourth-order valence-corrected chi connectivity index (χ4v) is 2.31. The van der Waals surface area contributed by atoms with E-state index in [1.807, 2.05) is 30.0 Å². The number of rotatable bonds is 3. The van der Waals surface area contributed by atoms with Crippen LogP contribution in [0, 0.1) is 12.8 Å². The van der Waals surface area contributed by atoms with Gasteiger partial charge in [-0.05, 0) is 18.4 Å². The van der Waals surface area contributed by atoms with Gasteiger partial charge >= 0.3 is 0 Å². The van der Waals surface area contributed by atoms with Crippen LogP contribution in [0.3, 0.4) is 0 Å². The lowest BCUT2D eigenvalue weighted by Crippen LogP contribution is -2.71. The Morgan fingerprint density at radius 2 is 2.11 bits per heavy atom. The first-order valence-electron chi connectivity index (χ1n) is 6.53. The van der Waals surface area contributed by atoms with Crippen LogP contribution in [0.5, 0.6) is 0 Å². The molecule has 1 aliphatic rings. The quantitative estimate of drug-likeness (QED) is 0.883. The zero-order chi connectivity index (χ0) is 13.3. The van der Waals surface area contributed by atoms with Crippen molar-refractivity contribution in [1.29, 1.82) is 0 Å². The Labute approximate surface area is 109 Å². The number of likely N-dealkylation sites (tertiary alicyclic amines) is 1. The molecule has 1 fully saturated rings. The number of amides is 1. The summed E-state index contributed by atoms with van der Waals surface area (Å²) in [5, 5.41) is 0. The van der Waals surface area contributed by atoms with Crippen LogP contribution in [0.1, 0.15) is 25.0 Å². The minimum Gasteiger partial charge on any atom is -0.339 e. The first-order chi connectivity index (χ1) is 8.40. The maximum absolute atomic E-state index is 12.1. The predicted molar refractivity (Wildman–Crippen MR) is 73.2 cm³/mol. The van der Waals surface area contributed by atoms with Gasteiger partial charge in [0.15, 0.2) is 0 Å². The van der Waals surface area contributed by atoms with Gasteiger partial charge in [0.1, 0.15) is 0 Å². The van der Waals surface area contributed by atoms with Gasteiger partial charge in [0.25, 0.3) is 0 Å². The normalized spacial score (nSPS) is 17.7. The summed E-state index contributed by atoms with van der Waals surface area (Å²) in [6.07, 6.45) is 0.482. The molecular weight excluding hydrogens is 224 g/mol. The highest BCUT2D eigenvalue weighted by atomic mass is 16.2. The van der Waals surface area contributed by atoms with Crippen LogP contribution in [0.25, 0.3) is 0 Å². The van der Waals surface area contributed by atoms with E-state index in [0.717, 1.165) is 5.56 Å². The van der Waals surface area contributed by atoms with Gasteiger partial charge in [-0.25, -0.2) is 0 Å². The molecule has 1 aromatic rings. The van der Waals surface area contributed by atoms with Gasteiger partial charge in [-0.1, -0.05) is 43.7 Å². The van der Waals surface area contributed by atoms with Crippen molar-refractivity contribution in [3.8, 4) is 0 Å². The molecule has 1 aromatic carbocycles. The number of nitrogens with two attached hydrogens (primary N) is 1. The SMILES string of the molecule is Cc1cccc(CC(=O)N2CC(N)(C(C)C)C2)c1. The molecule has 2 rings (SSSR count). The zero-order valence-electron chi connectivity index (χ0n) is 11.4. The third-order valence-corrected chi connectivity index (χ3v) is 3.91. The highest BCUT2D eigenvalue weighted by Crippen LogP contribution is 2.26. The van der Waals surface area contributed by atoms with Crippen molar-refractivity contribution in [2.75, 3.05) is 13.1 Å². The molecule has 1 saturated heterocycles. The van der Waals surface area contributed by atoms with Crippen molar-refractivity contribution in [3.05, 3.63) is 35.4 Å². The van der Waals surface area contributed by atoms with E-state index in [0.29, 0.717) is 25.4 Å². The Hall–Kier alpha value is -1.35. The fourth-order valence-electron chi connectivity index (χ4n) is 2.31. The van der Waals surface area contributed by atoms with Gasteiger partial charge in [-0.3, -0.25) is 4.79 Å². The molecule has 0 unspecified atom stereocenters. The van der Waals surface area contributed by atoms with Crippen LogP contribution in [0.15, 0.2) is 24.3 Å². The lowest BCUT2D eigenvalue weighted by atomic mass is 9.80. The molecule has 1 aliphatic heterocycles. The van der Waals surface area contributed by atoms with Crippen molar-refractivity contribution in [2.45, 2.75) is 32.7 Å². The molecule has 0 saturated carbocycles. The molecule has 0 bridgehead atoms. The second-order valence-corrected chi connectivity index (χ2v) is 5.80. The molecular formula is C15H22N2O. The zero-order valence-corrected chi connectivity index (χ0v) is 11.4. The predicted octanol–water partition coefficient (Wildman–Crippen LogP) is 1.73. The first-order valence-corrected chi connectivity index (χ1v) is 6.53. The molecule has 0 spiro atoms. The van der Waals surface area contributed by atoms with Crippen molar-refractivity contribution in [2.24, 2.45) is 11.7 Å². The van der Waals surface area contributed by atoms with Crippen LogP contribution < -0.4 is 5.73 Å². The molecule has 3 nitrogen and oxygen atoms in total. The molecule has 1 amide bonds. The van der Waals surface area contributed by atoms with Crippen LogP contribution in [0.2, 0.25) is 0 Å². The van der Waals surface area contributed by atoms with Crippen LogP contribution in [0.4, 0.5) is 0 Å². The van der Waals surface area contributed by atoms with E-state index < -0.39 is 0 Å². The minimum atomic E-state index is -0.178. The summed E-state index contributed by atoms with van der Waals surface area (Å²) in [6, 6.07) is 8.11. The summed E-state index contributed by atoms with van der Waals surface area (Å²) >= 11 is 0. The number of hydrogen-bond acceptors (Lipinski definition) is 2. The van der Waals surface area contributed by atoms with Crippen LogP contribution in [-0.2, 0) is 11.2 Å². The molecule has 0 aromatic heterocycles. The Kier molecular flexibility index (Phi) is 3.44. The summed E-state index contributed by atoms with van der Waals surface area (Å²) in [6.45, 7) is 7.65. The molecule has 0 atom stereocenters. The lowest BCUT2D eigenvalue weighted by Gasteiger charge is -2.50. The largest absolute Gasteiger partial charge is 0.339 e.